The molecule has 1 aromatic heterocycles. The third-order valence-corrected chi connectivity index (χ3v) is 3.22. The Balaban J connectivity index is 1.88. The number of benzene rings is 1. The average molecular weight is 300 g/mol. The van der Waals surface area contributed by atoms with E-state index in [2.05, 4.69) is 15.3 Å². The summed E-state index contributed by atoms with van der Waals surface area (Å²) in [4.78, 5) is 30.2. The van der Waals surface area contributed by atoms with Crippen LogP contribution in [0.1, 0.15) is 27.4 Å². The van der Waals surface area contributed by atoms with Gasteiger partial charge in [0.25, 0.3) is 11.5 Å². The highest BCUT2D eigenvalue weighted by Crippen LogP contribution is 2.04. The van der Waals surface area contributed by atoms with Crippen molar-refractivity contribution in [1.29, 1.82) is 0 Å². The van der Waals surface area contributed by atoms with Gasteiger partial charge in [-0.15, -0.1) is 0 Å². The lowest BCUT2D eigenvalue weighted by molar-refractivity contribution is 0.0954. The van der Waals surface area contributed by atoms with Gasteiger partial charge in [-0.1, -0.05) is 12.1 Å². The predicted octanol–water partition coefficient (Wildman–Crippen LogP) is 0.552. The zero-order chi connectivity index (χ0) is 15.9. The molecular weight excluding hydrogens is 280 g/mol. The van der Waals surface area contributed by atoms with Crippen LogP contribution in [0, 0.1) is 6.92 Å². The van der Waals surface area contributed by atoms with E-state index in [1.807, 2.05) is 12.1 Å². The summed E-state index contributed by atoms with van der Waals surface area (Å²) in [6, 6.07) is 8.81. The van der Waals surface area contributed by atoms with E-state index in [4.69, 9.17) is 5.73 Å². The van der Waals surface area contributed by atoms with Crippen LogP contribution in [0.25, 0.3) is 0 Å². The number of rotatable bonds is 6. The van der Waals surface area contributed by atoms with E-state index in [0.717, 1.165) is 12.0 Å². The van der Waals surface area contributed by atoms with Crippen LogP contribution >= 0.6 is 0 Å². The van der Waals surface area contributed by atoms with Crippen LogP contribution in [-0.4, -0.2) is 29.0 Å². The first-order valence-electron chi connectivity index (χ1n) is 7.22. The molecule has 0 saturated heterocycles. The number of hydrogen-bond acceptors (Lipinski definition) is 4. The van der Waals surface area contributed by atoms with Gasteiger partial charge in [0.05, 0.1) is 0 Å². The SMILES string of the molecule is Cc1cc(=O)[nH]c(CCNC(=O)c2ccc(CCN)cc2)n1. The topological polar surface area (TPSA) is 101 Å². The number of carbonyl (C=O) groups is 1. The van der Waals surface area contributed by atoms with Gasteiger partial charge < -0.3 is 16.0 Å². The molecule has 0 bridgehead atoms. The van der Waals surface area contributed by atoms with Crippen LogP contribution < -0.4 is 16.6 Å². The van der Waals surface area contributed by atoms with E-state index >= 15 is 0 Å². The third-order valence-electron chi connectivity index (χ3n) is 3.22. The maximum absolute atomic E-state index is 12.0. The van der Waals surface area contributed by atoms with E-state index in [1.54, 1.807) is 19.1 Å². The van der Waals surface area contributed by atoms with Gasteiger partial charge in [-0.3, -0.25) is 9.59 Å². The van der Waals surface area contributed by atoms with E-state index < -0.39 is 0 Å². The van der Waals surface area contributed by atoms with Crippen LogP contribution in [0.5, 0.6) is 0 Å². The van der Waals surface area contributed by atoms with Crippen molar-refractivity contribution in [3.05, 3.63) is 63.3 Å². The Morgan fingerprint density at radius 3 is 2.64 bits per heavy atom. The number of nitrogens with zero attached hydrogens (tertiary/aromatic N) is 1. The lowest BCUT2D eigenvalue weighted by Crippen LogP contribution is -2.26. The van der Waals surface area contributed by atoms with Crippen molar-refractivity contribution in [1.82, 2.24) is 15.3 Å². The van der Waals surface area contributed by atoms with E-state index in [-0.39, 0.29) is 11.5 Å². The first-order chi connectivity index (χ1) is 10.6. The van der Waals surface area contributed by atoms with Crippen molar-refractivity contribution >= 4 is 5.91 Å². The van der Waals surface area contributed by atoms with Gasteiger partial charge in [-0.05, 0) is 37.6 Å². The quantitative estimate of drug-likeness (QED) is 0.725. The van der Waals surface area contributed by atoms with Crippen LogP contribution in [-0.2, 0) is 12.8 Å². The molecule has 0 spiro atoms. The molecular formula is C16H20N4O2. The summed E-state index contributed by atoms with van der Waals surface area (Å²) >= 11 is 0. The highest BCUT2D eigenvalue weighted by Gasteiger charge is 2.05. The Morgan fingerprint density at radius 1 is 1.27 bits per heavy atom. The standard InChI is InChI=1S/C16H20N4O2/c1-11-10-15(21)20-14(19-11)7-9-18-16(22)13-4-2-12(3-5-13)6-8-17/h2-5,10H,6-9,17H2,1H3,(H,18,22)(H,19,20,21). The molecule has 2 rings (SSSR count). The van der Waals surface area contributed by atoms with E-state index in [9.17, 15) is 9.59 Å². The number of carbonyl (C=O) groups excluding carboxylic acids is 1. The van der Waals surface area contributed by atoms with E-state index in [0.29, 0.717) is 36.6 Å². The second-order valence-corrected chi connectivity index (χ2v) is 5.07. The van der Waals surface area contributed by atoms with E-state index in [1.165, 1.54) is 6.07 Å². The number of amides is 1. The Bertz CT molecular complexity index is 692. The van der Waals surface area contributed by atoms with Gasteiger partial charge >= 0.3 is 0 Å². The minimum Gasteiger partial charge on any atom is -0.352 e. The molecule has 0 atom stereocenters. The molecule has 4 N–H and O–H groups in total. The van der Waals surface area contributed by atoms with Gasteiger partial charge in [0, 0.05) is 30.3 Å². The lowest BCUT2D eigenvalue weighted by atomic mass is 10.1. The molecule has 6 heteroatoms. The highest BCUT2D eigenvalue weighted by atomic mass is 16.1. The summed E-state index contributed by atoms with van der Waals surface area (Å²) < 4.78 is 0. The number of H-pyrrole nitrogens is 1. The van der Waals surface area contributed by atoms with Crippen molar-refractivity contribution in [2.45, 2.75) is 19.8 Å². The molecule has 22 heavy (non-hydrogen) atoms. The van der Waals surface area contributed by atoms with Gasteiger partial charge in [0.2, 0.25) is 0 Å². The van der Waals surface area contributed by atoms with Gasteiger partial charge in [-0.25, -0.2) is 4.98 Å². The molecule has 0 radical (unpaired) electrons. The largest absolute Gasteiger partial charge is 0.352 e. The molecule has 0 fully saturated rings. The van der Waals surface area contributed by atoms with Crippen molar-refractivity contribution in [2.24, 2.45) is 5.73 Å². The Kier molecular flexibility index (Phi) is 5.43. The number of hydrogen-bond donors (Lipinski definition) is 3. The number of aryl methyl sites for hydroxylation is 1. The fraction of sp³-hybridized carbons (Fsp3) is 0.312. The fourth-order valence-corrected chi connectivity index (χ4v) is 2.15. The van der Waals surface area contributed by atoms with Gasteiger partial charge in [0.1, 0.15) is 5.82 Å². The molecule has 2 aromatic rings. The Hall–Kier alpha value is -2.47. The number of aromatic nitrogens is 2. The van der Waals surface area contributed by atoms with Crippen LogP contribution in [0.4, 0.5) is 0 Å². The Labute approximate surface area is 128 Å². The summed E-state index contributed by atoms with van der Waals surface area (Å²) in [6.07, 6.45) is 1.28. The molecule has 6 nitrogen and oxygen atoms in total. The second-order valence-electron chi connectivity index (χ2n) is 5.07. The molecule has 1 aromatic carbocycles. The fourth-order valence-electron chi connectivity index (χ4n) is 2.15. The highest BCUT2D eigenvalue weighted by molar-refractivity contribution is 5.94. The molecule has 0 aliphatic carbocycles. The van der Waals surface area contributed by atoms with Crippen LogP contribution in [0.3, 0.4) is 0 Å². The minimum absolute atomic E-state index is 0.144. The first kappa shape index (κ1) is 15.9. The molecule has 0 saturated carbocycles. The summed E-state index contributed by atoms with van der Waals surface area (Å²) in [6.45, 7) is 2.77. The molecule has 0 aliphatic rings. The van der Waals surface area contributed by atoms with Crippen molar-refractivity contribution in [3.8, 4) is 0 Å². The third kappa shape index (κ3) is 4.53. The average Bonchev–Trinajstić information content (AvgIpc) is 2.47. The van der Waals surface area contributed by atoms with Crippen LogP contribution in [0.15, 0.2) is 35.1 Å². The molecule has 1 heterocycles. The van der Waals surface area contributed by atoms with Crippen LogP contribution in [0.2, 0.25) is 0 Å². The molecule has 1 amide bonds. The maximum atomic E-state index is 12.0. The predicted molar refractivity (Wildman–Crippen MR) is 84.8 cm³/mol. The molecule has 0 unspecified atom stereocenters. The summed E-state index contributed by atoms with van der Waals surface area (Å²) in [7, 11) is 0. The zero-order valence-corrected chi connectivity index (χ0v) is 12.6. The first-order valence-corrected chi connectivity index (χ1v) is 7.22. The van der Waals surface area contributed by atoms with Crippen molar-refractivity contribution < 1.29 is 4.79 Å². The maximum Gasteiger partial charge on any atom is 0.251 e. The normalized spacial score (nSPS) is 10.5. The number of nitrogens with one attached hydrogen (secondary N) is 2. The number of nitrogens with two attached hydrogens (primary N) is 1. The summed E-state index contributed by atoms with van der Waals surface area (Å²) in [5, 5.41) is 2.81. The van der Waals surface area contributed by atoms with Gasteiger partial charge in [0.15, 0.2) is 0 Å². The molecule has 116 valence electrons. The minimum atomic E-state index is -0.177. The van der Waals surface area contributed by atoms with Crippen molar-refractivity contribution in [3.63, 3.8) is 0 Å². The number of aromatic amines is 1. The molecule has 0 aliphatic heterocycles. The monoisotopic (exact) mass is 300 g/mol. The summed E-state index contributed by atoms with van der Waals surface area (Å²) in [5.74, 6) is 0.429. The Morgan fingerprint density at radius 2 is 2.00 bits per heavy atom. The zero-order valence-electron chi connectivity index (χ0n) is 12.6. The second kappa shape index (κ2) is 7.51. The summed E-state index contributed by atoms with van der Waals surface area (Å²) in [5.41, 5.74) is 7.70. The smallest absolute Gasteiger partial charge is 0.251 e. The lowest BCUT2D eigenvalue weighted by Gasteiger charge is -2.06. The van der Waals surface area contributed by atoms with Crippen molar-refractivity contribution in [2.75, 3.05) is 13.1 Å². The van der Waals surface area contributed by atoms with Gasteiger partial charge in [-0.2, -0.15) is 0 Å².